The third-order valence-corrected chi connectivity index (χ3v) is 6.65. The third-order valence-electron chi connectivity index (χ3n) is 6.65. The van der Waals surface area contributed by atoms with Crippen molar-refractivity contribution in [3.8, 4) is 6.07 Å². The lowest BCUT2D eigenvalue weighted by atomic mass is 10.1. The van der Waals surface area contributed by atoms with Gasteiger partial charge in [-0.3, -0.25) is 4.98 Å². The van der Waals surface area contributed by atoms with Gasteiger partial charge < -0.3 is 25.2 Å². The van der Waals surface area contributed by atoms with Crippen LogP contribution in [0.4, 0.5) is 11.4 Å². The zero-order chi connectivity index (χ0) is 23.3. The van der Waals surface area contributed by atoms with Gasteiger partial charge >= 0.3 is 0 Å². The molecule has 3 aromatic rings. The summed E-state index contributed by atoms with van der Waals surface area (Å²) in [6.45, 7) is 9.58. The molecule has 0 unspecified atom stereocenters. The minimum atomic E-state index is 0.0891. The highest BCUT2D eigenvalue weighted by atomic mass is 16.5. The molecule has 34 heavy (non-hydrogen) atoms. The Morgan fingerprint density at radius 1 is 1.09 bits per heavy atom. The lowest BCUT2D eigenvalue weighted by molar-refractivity contribution is -0.0147. The van der Waals surface area contributed by atoms with Crippen LogP contribution in [0.3, 0.4) is 0 Å². The van der Waals surface area contributed by atoms with Gasteiger partial charge in [0.1, 0.15) is 6.07 Å². The van der Waals surface area contributed by atoms with Crippen LogP contribution in [-0.4, -0.2) is 63.0 Å². The third kappa shape index (κ3) is 5.00. The Labute approximate surface area is 201 Å². The van der Waals surface area contributed by atoms with Gasteiger partial charge in [-0.05, 0) is 48.9 Å². The number of nitrogens with one attached hydrogen (secondary N) is 2. The topological polar surface area (TPSA) is 76.5 Å². The number of fused-ring (bicyclic) bond motifs is 1. The molecule has 2 aliphatic rings. The van der Waals surface area contributed by atoms with Crippen LogP contribution in [0.25, 0.3) is 10.9 Å². The molecule has 0 amide bonds. The number of ether oxygens (including phenoxy) is 1. The summed E-state index contributed by atoms with van der Waals surface area (Å²) >= 11 is 0. The van der Waals surface area contributed by atoms with Crippen LogP contribution in [0.15, 0.2) is 54.7 Å². The van der Waals surface area contributed by atoms with Crippen molar-refractivity contribution in [1.29, 1.82) is 5.26 Å². The second-order valence-electron chi connectivity index (χ2n) is 9.15. The summed E-state index contributed by atoms with van der Waals surface area (Å²) in [4.78, 5) is 9.27. The summed E-state index contributed by atoms with van der Waals surface area (Å²) in [6, 6.07) is 19.1. The van der Waals surface area contributed by atoms with Crippen molar-refractivity contribution in [3.63, 3.8) is 0 Å². The predicted molar refractivity (Wildman–Crippen MR) is 136 cm³/mol. The second-order valence-corrected chi connectivity index (χ2v) is 9.15. The number of rotatable bonds is 6. The number of benzene rings is 2. The van der Waals surface area contributed by atoms with Crippen molar-refractivity contribution in [3.05, 3.63) is 65.9 Å². The number of anilines is 2. The Morgan fingerprint density at radius 3 is 2.71 bits per heavy atom. The van der Waals surface area contributed by atoms with Gasteiger partial charge in [-0.2, -0.15) is 5.26 Å². The smallest absolute Gasteiger partial charge is 0.101 e. The molecule has 2 fully saturated rings. The summed E-state index contributed by atoms with van der Waals surface area (Å²) in [5, 5.41) is 17.5. The number of nitrogens with zero attached hydrogens (tertiary/aromatic N) is 4. The number of pyridine rings is 1. The van der Waals surface area contributed by atoms with Crippen molar-refractivity contribution in [2.75, 3.05) is 55.6 Å². The number of morpholine rings is 1. The van der Waals surface area contributed by atoms with Crippen LogP contribution in [0.2, 0.25) is 0 Å². The highest BCUT2D eigenvalue weighted by Crippen LogP contribution is 2.30. The van der Waals surface area contributed by atoms with E-state index >= 15 is 0 Å². The van der Waals surface area contributed by atoms with Gasteiger partial charge in [-0.1, -0.05) is 12.1 Å². The molecule has 0 saturated carbocycles. The molecule has 5 rings (SSSR count). The Balaban J connectivity index is 1.21. The van der Waals surface area contributed by atoms with E-state index in [0.29, 0.717) is 5.56 Å². The highest BCUT2D eigenvalue weighted by Gasteiger charge is 2.26. The number of nitriles is 1. The number of hydrogen-bond acceptors (Lipinski definition) is 7. The minimum Gasteiger partial charge on any atom is -0.370 e. The monoisotopic (exact) mass is 456 g/mol. The SMILES string of the molecule is C[C@@H]1CN(c2ccc(C#N)c3ncccc23)C[C@H](CNCc2ccc(N3CCNCC3)cc2)O1. The van der Waals surface area contributed by atoms with Gasteiger partial charge in [0.25, 0.3) is 0 Å². The molecule has 176 valence electrons. The van der Waals surface area contributed by atoms with E-state index in [1.165, 1.54) is 11.3 Å². The van der Waals surface area contributed by atoms with Gasteiger partial charge in [0.05, 0.1) is 23.3 Å². The van der Waals surface area contributed by atoms with Crippen LogP contribution < -0.4 is 20.4 Å². The molecule has 7 heteroatoms. The summed E-state index contributed by atoms with van der Waals surface area (Å²) in [5.41, 5.74) is 5.08. The van der Waals surface area contributed by atoms with E-state index in [2.05, 4.69) is 68.7 Å². The first-order valence-electron chi connectivity index (χ1n) is 12.1. The maximum atomic E-state index is 9.46. The minimum absolute atomic E-state index is 0.0891. The normalized spacial score (nSPS) is 20.9. The molecule has 1 aromatic heterocycles. The van der Waals surface area contributed by atoms with Crippen LogP contribution in [0.1, 0.15) is 18.1 Å². The Morgan fingerprint density at radius 2 is 1.91 bits per heavy atom. The van der Waals surface area contributed by atoms with Crippen LogP contribution in [0, 0.1) is 11.3 Å². The second kappa shape index (κ2) is 10.4. The number of piperazine rings is 1. The van der Waals surface area contributed by atoms with Crippen molar-refractivity contribution < 1.29 is 4.74 Å². The molecule has 2 aromatic carbocycles. The van der Waals surface area contributed by atoms with Crippen LogP contribution in [-0.2, 0) is 11.3 Å². The fraction of sp³-hybridized carbons (Fsp3) is 0.407. The summed E-state index contributed by atoms with van der Waals surface area (Å²) in [6.07, 6.45) is 1.96. The van der Waals surface area contributed by atoms with Gasteiger partial charge in [0.2, 0.25) is 0 Å². The summed E-state index contributed by atoms with van der Waals surface area (Å²) in [5.74, 6) is 0. The van der Waals surface area contributed by atoms with Gasteiger partial charge in [0, 0.05) is 75.3 Å². The van der Waals surface area contributed by atoms with E-state index in [0.717, 1.165) is 68.9 Å². The lowest BCUT2D eigenvalue weighted by Crippen LogP contribution is -2.50. The zero-order valence-corrected chi connectivity index (χ0v) is 19.7. The van der Waals surface area contributed by atoms with Crippen molar-refractivity contribution in [1.82, 2.24) is 15.6 Å². The van der Waals surface area contributed by atoms with Gasteiger partial charge in [-0.15, -0.1) is 0 Å². The molecule has 2 atom stereocenters. The van der Waals surface area contributed by atoms with Crippen molar-refractivity contribution >= 4 is 22.3 Å². The molecule has 7 nitrogen and oxygen atoms in total. The van der Waals surface area contributed by atoms with E-state index in [9.17, 15) is 5.26 Å². The Kier molecular flexibility index (Phi) is 6.91. The lowest BCUT2D eigenvalue weighted by Gasteiger charge is -2.39. The standard InChI is InChI=1S/C27H32N6O/c1-20-18-33(26-9-6-22(15-28)27-25(26)3-2-10-31-27)19-24(34-20)17-30-16-21-4-7-23(8-5-21)32-13-11-29-12-14-32/h2-10,20,24,29-30H,11-14,16-19H2,1H3/t20-,24+/m1/s1. The Bertz CT molecular complexity index is 1150. The van der Waals surface area contributed by atoms with Crippen LogP contribution in [0.5, 0.6) is 0 Å². The zero-order valence-electron chi connectivity index (χ0n) is 19.7. The van der Waals surface area contributed by atoms with E-state index < -0.39 is 0 Å². The molecule has 0 spiro atoms. The van der Waals surface area contributed by atoms with E-state index in [-0.39, 0.29) is 12.2 Å². The number of hydrogen-bond donors (Lipinski definition) is 2. The maximum absolute atomic E-state index is 9.46. The Hall–Kier alpha value is -3.18. The first-order valence-corrected chi connectivity index (χ1v) is 12.1. The average molecular weight is 457 g/mol. The predicted octanol–water partition coefficient (Wildman–Crippen LogP) is 2.90. The molecule has 2 aliphatic heterocycles. The fourth-order valence-electron chi connectivity index (χ4n) is 5.00. The van der Waals surface area contributed by atoms with Gasteiger partial charge in [0.15, 0.2) is 0 Å². The number of aromatic nitrogens is 1. The highest BCUT2D eigenvalue weighted by molar-refractivity contribution is 5.95. The molecule has 2 saturated heterocycles. The van der Waals surface area contributed by atoms with Crippen molar-refractivity contribution in [2.24, 2.45) is 0 Å². The molecule has 0 aliphatic carbocycles. The molecule has 2 N–H and O–H groups in total. The van der Waals surface area contributed by atoms with Crippen molar-refractivity contribution in [2.45, 2.75) is 25.7 Å². The fourth-order valence-corrected chi connectivity index (χ4v) is 5.00. The quantitative estimate of drug-likeness (QED) is 0.591. The summed E-state index contributed by atoms with van der Waals surface area (Å²) < 4.78 is 6.25. The largest absolute Gasteiger partial charge is 0.370 e. The summed E-state index contributed by atoms with van der Waals surface area (Å²) in [7, 11) is 0. The van der Waals surface area contributed by atoms with E-state index in [4.69, 9.17) is 4.74 Å². The van der Waals surface area contributed by atoms with Crippen LogP contribution >= 0.6 is 0 Å². The molecular weight excluding hydrogens is 424 g/mol. The van der Waals surface area contributed by atoms with Gasteiger partial charge in [-0.25, -0.2) is 0 Å². The average Bonchev–Trinajstić information content (AvgIpc) is 2.88. The molecule has 3 heterocycles. The molecular formula is C27H32N6O. The van der Waals surface area contributed by atoms with E-state index in [1.807, 2.05) is 18.2 Å². The molecule has 0 radical (unpaired) electrons. The van der Waals surface area contributed by atoms with E-state index in [1.54, 1.807) is 6.20 Å². The first-order chi connectivity index (χ1) is 16.7. The first kappa shape index (κ1) is 22.6. The maximum Gasteiger partial charge on any atom is 0.101 e. The molecule has 0 bridgehead atoms.